The fourth-order valence-corrected chi connectivity index (χ4v) is 2.23. The van der Waals surface area contributed by atoms with Crippen LogP contribution in [0.3, 0.4) is 0 Å². The van der Waals surface area contributed by atoms with E-state index in [1.54, 1.807) is 6.20 Å². The minimum absolute atomic E-state index is 0.623. The fraction of sp³-hybridized carbons (Fsp3) is 0.118. The Labute approximate surface area is 128 Å². The lowest BCUT2D eigenvalue weighted by Crippen LogP contribution is -2.16. The molecular weight excluding hydrogens is 284 g/mol. The summed E-state index contributed by atoms with van der Waals surface area (Å²) >= 11 is 5.89. The number of para-hydroxylation sites is 1. The molecule has 0 aliphatic carbocycles. The highest BCUT2D eigenvalue weighted by Crippen LogP contribution is 2.23. The lowest BCUT2D eigenvalue weighted by molar-refractivity contribution is 0.504. The van der Waals surface area contributed by atoms with Gasteiger partial charge >= 0.3 is 0 Å². The van der Waals surface area contributed by atoms with E-state index in [9.17, 15) is 0 Å². The molecule has 4 heteroatoms. The van der Waals surface area contributed by atoms with Crippen LogP contribution in [0.4, 0.5) is 5.69 Å². The highest BCUT2D eigenvalue weighted by molar-refractivity contribution is 6.30. The first-order chi connectivity index (χ1) is 10.2. The first-order valence-corrected chi connectivity index (χ1v) is 7.07. The van der Waals surface area contributed by atoms with Crippen molar-refractivity contribution in [2.24, 2.45) is 0 Å². The quantitative estimate of drug-likeness (QED) is 0.703. The van der Waals surface area contributed by atoms with Crippen molar-refractivity contribution in [1.29, 1.82) is 0 Å². The van der Waals surface area contributed by atoms with Crippen LogP contribution in [0.2, 0.25) is 5.02 Å². The Morgan fingerprint density at radius 1 is 1.05 bits per heavy atom. The summed E-state index contributed by atoms with van der Waals surface area (Å²) in [6, 6.07) is 17.7. The van der Waals surface area contributed by atoms with E-state index in [1.165, 1.54) is 0 Å². The lowest BCUT2D eigenvalue weighted by Gasteiger charge is -2.16. The molecule has 0 radical (unpaired) electrons. The highest BCUT2D eigenvalue weighted by Gasteiger charge is 2.09. The summed E-state index contributed by atoms with van der Waals surface area (Å²) in [5, 5.41) is 0.710. The van der Waals surface area contributed by atoms with E-state index >= 15 is 0 Å². The number of benzene rings is 2. The molecule has 0 atom stereocenters. The summed E-state index contributed by atoms with van der Waals surface area (Å²) in [6.07, 6.45) is 1.75. The topological polar surface area (TPSA) is 29.3 Å². The van der Waals surface area contributed by atoms with E-state index in [0.29, 0.717) is 17.5 Å². The SMILES string of the molecule is CN(Cc1ncc(-c2ccc(Cl)cc2)o1)c1ccccc1. The number of anilines is 1. The van der Waals surface area contributed by atoms with Crippen LogP contribution < -0.4 is 4.90 Å². The van der Waals surface area contributed by atoms with Crippen molar-refractivity contribution in [2.75, 3.05) is 11.9 Å². The second kappa shape index (κ2) is 6.02. The van der Waals surface area contributed by atoms with Gasteiger partial charge in [-0.1, -0.05) is 29.8 Å². The molecule has 0 amide bonds. The van der Waals surface area contributed by atoms with Gasteiger partial charge < -0.3 is 9.32 Å². The zero-order chi connectivity index (χ0) is 14.7. The minimum Gasteiger partial charge on any atom is -0.439 e. The summed E-state index contributed by atoms with van der Waals surface area (Å²) < 4.78 is 5.81. The molecule has 0 unspecified atom stereocenters. The van der Waals surface area contributed by atoms with Gasteiger partial charge in [0.2, 0.25) is 5.89 Å². The molecule has 2 aromatic carbocycles. The van der Waals surface area contributed by atoms with Crippen molar-refractivity contribution in [3.05, 3.63) is 71.7 Å². The van der Waals surface area contributed by atoms with Crippen LogP contribution in [0.15, 0.2) is 65.2 Å². The monoisotopic (exact) mass is 298 g/mol. The largest absolute Gasteiger partial charge is 0.439 e. The Balaban J connectivity index is 1.75. The smallest absolute Gasteiger partial charge is 0.214 e. The third kappa shape index (κ3) is 3.26. The van der Waals surface area contributed by atoms with Crippen LogP contribution in [0.5, 0.6) is 0 Å². The number of rotatable bonds is 4. The molecule has 1 aromatic heterocycles. The van der Waals surface area contributed by atoms with Gasteiger partial charge in [-0.05, 0) is 36.4 Å². The van der Waals surface area contributed by atoms with Crippen molar-refractivity contribution in [3.63, 3.8) is 0 Å². The molecule has 21 heavy (non-hydrogen) atoms. The standard InChI is InChI=1S/C17H15ClN2O/c1-20(15-5-3-2-4-6-15)12-17-19-11-16(21-17)13-7-9-14(18)10-8-13/h2-11H,12H2,1H3. The van der Waals surface area contributed by atoms with Crippen molar-refractivity contribution < 1.29 is 4.42 Å². The van der Waals surface area contributed by atoms with Gasteiger partial charge in [-0.3, -0.25) is 0 Å². The maximum Gasteiger partial charge on any atom is 0.214 e. The maximum atomic E-state index is 5.89. The van der Waals surface area contributed by atoms with E-state index < -0.39 is 0 Å². The molecule has 1 heterocycles. The van der Waals surface area contributed by atoms with E-state index in [-0.39, 0.29) is 0 Å². The van der Waals surface area contributed by atoms with Gasteiger partial charge in [-0.25, -0.2) is 4.98 Å². The molecule has 0 saturated heterocycles. The maximum absolute atomic E-state index is 5.89. The summed E-state index contributed by atoms with van der Waals surface area (Å²) in [7, 11) is 2.02. The number of hydrogen-bond donors (Lipinski definition) is 0. The molecule has 0 saturated carbocycles. The van der Waals surface area contributed by atoms with Gasteiger partial charge in [0.15, 0.2) is 5.76 Å². The minimum atomic E-state index is 0.623. The molecule has 0 spiro atoms. The van der Waals surface area contributed by atoms with E-state index in [2.05, 4.69) is 22.0 Å². The Bertz CT molecular complexity index is 707. The molecule has 0 bridgehead atoms. The third-order valence-corrected chi connectivity index (χ3v) is 3.50. The molecule has 3 rings (SSSR count). The number of halogens is 1. The predicted molar refractivity (Wildman–Crippen MR) is 85.5 cm³/mol. The second-order valence-electron chi connectivity index (χ2n) is 4.82. The van der Waals surface area contributed by atoms with Gasteiger partial charge in [-0.2, -0.15) is 0 Å². The molecule has 106 valence electrons. The third-order valence-electron chi connectivity index (χ3n) is 3.25. The molecule has 0 aliphatic rings. The number of oxazole rings is 1. The van der Waals surface area contributed by atoms with Gasteiger partial charge in [-0.15, -0.1) is 0 Å². The van der Waals surface area contributed by atoms with Crippen LogP contribution >= 0.6 is 11.6 Å². The Kier molecular flexibility index (Phi) is 3.93. The van der Waals surface area contributed by atoms with Gasteiger partial charge in [0.05, 0.1) is 12.7 Å². The van der Waals surface area contributed by atoms with Crippen molar-refractivity contribution in [1.82, 2.24) is 4.98 Å². The van der Waals surface area contributed by atoms with E-state index in [0.717, 1.165) is 17.0 Å². The van der Waals surface area contributed by atoms with Crippen LogP contribution in [0.1, 0.15) is 5.89 Å². The zero-order valence-corrected chi connectivity index (χ0v) is 12.4. The number of hydrogen-bond acceptors (Lipinski definition) is 3. The summed E-state index contributed by atoms with van der Waals surface area (Å²) in [5.41, 5.74) is 2.10. The van der Waals surface area contributed by atoms with Crippen molar-refractivity contribution in [2.45, 2.75) is 6.54 Å². The second-order valence-corrected chi connectivity index (χ2v) is 5.25. The zero-order valence-electron chi connectivity index (χ0n) is 11.7. The molecule has 3 nitrogen and oxygen atoms in total. The highest BCUT2D eigenvalue weighted by atomic mass is 35.5. The van der Waals surface area contributed by atoms with Gasteiger partial charge in [0, 0.05) is 23.3 Å². The molecule has 0 aliphatic heterocycles. The average Bonchev–Trinajstić information content (AvgIpc) is 2.97. The average molecular weight is 299 g/mol. The predicted octanol–water partition coefficient (Wildman–Crippen LogP) is 4.63. The number of nitrogens with zero attached hydrogens (tertiary/aromatic N) is 2. The van der Waals surface area contributed by atoms with E-state index in [1.807, 2.05) is 49.5 Å². The fourth-order valence-electron chi connectivity index (χ4n) is 2.11. The lowest BCUT2D eigenvalue weighted by atomic mass is 10.2. The van der Waals surface area contributed by atoms with Gasteiger partial charge in [0.1, 0.15) is 0 Å². The normalized spacial score (nSPS) is 10.6. The summed E-state index contributed by atoms with van der Waals surface area (Å²) in [5.74, 6) is 1.44. The van der Waals surface area contributed by atoms with Crippen LogP contribution in [0.25, 0.3) is 11.3 Å². The molecule has 0 N–H and O–H groups in total. The number of aromatic nitrogens is 1. The Hall–Kier alpha value is -2.26. The van der Waals surface area contributed by atoms with Crippen LogP contribution in [-0.2, 0) is 6.54 Å². The van der Waals surface area contributed by atoms with Crippen LogP contribution in [0, 0.1) is 0 Å². The summed E-state index contributed by atoms with van der Waals surface area (Å²) in [6.45, 7) is 0.623. The first-order valence-electron chi connectivity index (χ1n) is 6.69. The van der Waals surface area contributed by atoms with E-state index in [4.69, 9.17) is 16.0 Å². The molecule has 3 aromatic rings. The van der Waals surface area contributed by atoms with Crippen molar-refractivity contribution >= 4 is 17.3 Å². The molecular formula is C17H15ClN2O. The summed E-state index contributed by atoms with van der Waals surface area (Å²) in [4.78, 5) is 6.43. The van der Waals surface area contributed by atoms with Gasteiger partial charge in [0.25, 0.3) is 0 Å². The molecule has 0 fully saturated rings. The van der Waals surface area contributed by atoms with Crippen LogP contribution in [-0.4, -0.2) is 12.0 Å². The Morgan fingerprint density at radius 3 is 2.48 bits per heavy atom. The Morgan fingerprint density at radius 2 is 1.76 bits per heavy atom. The first kappa shape index (κ1) is 13.7. The van der Waals surface area contributed by atoms with Crippen molar-refractivity contribution in [3.8, 4) is 11.3 Å².